The molecule has 5 N–H and O–H groups in total. The van der Waals surface area contributed by atoms with Crippen LogP contribution in [-0.2, 0) is 0 Å². The summed E-state index contributed by atoms with van der Waals surface area (Å²) in [6, 6.07) is 0.376. The van der Waals surface area contributed by atoms with Gasteiger partial charge in [-0.1, -0.05) is 13.8 Å². The third-order valence-electron chi connectivity index (χ3n) is 2.57. The normalized spacial score (nSPS) is 38.1. The van der Waals surface area contributed by atoms with Crippen molar-refractivity contribution >= 4 is 5.96 Å². The van der Waals surface area contributed by atoms with Crippen LogP contribution in [0.15, 0.2) is 4.99 Å². The van der Waals surface area contributed by atoms with E-state index < -0.39 is 0 Å². The first-order valence-corrected chi connectivity index (χ1v) is 3.95. The molecule has 1 rings (SSSR count). The van der Waals surface area contributed by atoms with Crippen LogP contribution in [0.2, 0.25) is 0 Å². The Morgan fingerprint density at radius 3 is 2.55 bits per heavy atom. The molecule has 3 atom stereocenters. The predicted molar refractivity (Wildman–Crippen MR) is 45.7 cm³/mol. The van der Waals surface area contributed by atoms with E-state index in [9.17, 15) is 0 Å². The molecular formula is C7H16N4. The molecule has 1 aliphatic rings. The summed E-state index contributed by atoms with van der Waals surface area (Å²) < 4.78 is 0. The van der Waals surface area contributed by atoms with Crippen LogP contribution in [0.4, 0.5) is 0 Å². The fourth-order valence-corrected chi connectivity index (χ4v) is 1.38. The van der Waals surface area contributed by atoms with Crippen molar-refractivity contribution in [2.75, 3.05) is 0 Å². The molecule has 0 bridgehead atoms. The molecule has 4 heteroatoms. The Labute approximate surface area is 67.0 Å². The minimum Gasteiger partial charge on any atom is -0.369 e. The smallest absolute Gasteiger partial charge is 0.203 e. The Balaban J connectivity index is 2.41. The summed E-state index contributed by atoms with van der Waals surface area (Å²) in [6.07, 6.45) is 1.13. The number of guanidine groups is 1. The molecule has 1 aliphatic carbocycles. The van der Waals surface area contributed by atoms with Gasteiger partial charge in [-0.2, -0.15) is 0 Å². The fraction of sp³-hybridized carbons (Fsp3) is 0.857. The maximum absolute atomic E-state index is 5.40. The van der Waals surface area contributed by atoms with Crippen LogP contribution in [0.5, 0.6) is 0 Å². The second-order valence-electron chi connectivity index (χ2n) is 3.30. The fourth-order valence-electron chi connectivity index (χ4n) is 1.38. The van der Waals surface area contributed by atoms with Gasteiger partial charge in [-0.05, 0) is 18.3 Å². The molecule has 0 saturated heterocycles. The molecule has 0 aromatic carbocycles. The van der Waals surface area contributed by atoms with Gasteiger partial charge in [0.15, 0.2) is 0 Å². The molecule has 0 aliphatic heterocycles. The minimum absolute atomic E-state index is 0.341. The highest BCUT2D eigenvalue weighted by Gasteiger charge is 2.34. The highest BCUT2D eigenvalue weighted by atomic mass is 15.3. The lowest BCUT2D eigenvalue weighted by atomic mass is 9.72. The number of aliphatic imine (C=N–C) groups is 1. The van der Waals surface area contributed by atoms with Crippen LogP contribution in [0.1, 0.15) is 20.3 Å². The van der Waals surface area contributed by atoms with E-state index in [1.54, 1.807) is 0 Å². The molecular weight excluding hydrogens is 140 g/mol. The summed E-state index contributed by atoms with van der Waals surface area (Å²) in [5.41, 5.74) is 7.73. The number of nitrogens with one attached hydrogen (secondary N) is 1. The molecule has 1 fully saturated rings. The highest BCUT2D eigenvalue weighted by Crippen LogP contribution is 2.35. The van der Waals surface area contributed by atoms with Gasteiger partial charge in [-0.3, -0.25) is 5.43 Å². The van der Waals surface area contributed by atoms with Crippen LogP contribution in [-0.4, -0.2) is 12.0 Å². The maximum atomic E-state index is 5.40. The van der Waals surface area contributed by atoms with Gasteiger partial charge in [0, 0.05) is 0 Å². The van der Waals surface area contributed by atoms with Crippen molar-refractivity contribution in [3.63, 3.8) is 0 Å². The summed E-state index contributed by atoms with van der Waals surface area (Å²) in [4.78, 5) is 4.19. The first-order chi connectivity index (χ1) is 5.15. The zero-order chi connectivity index (χ0) is 8.43. The number of nitrogens with zero attached hydrogens (tertiary/aromatic N) is 1. The average Bonchev–Trinajstić information content (AvgIpc) is 2.03. The van der Waals surface area contributed by atoms with Gasteiger partial charge < -0.3 is 5.73 Å². The Kier molecular flexibility index (Phi) is 2.34. The molecule has 0 radical (unpaired) electrons. The van der Waals surface area contributed by atoms with E-state index in [1.807, 2.05) is 0 Å². The van der Waals surface area contributed by atoms with Gasteiger partial charge in [0.1, 0.15) is 0 Å². The van der Waals surface area contributed by atoms with Crippen molar-refractivity contribution in [3.8, 4) is 0 Å². The second-order valence-corrected chi connectivity index (χ2v) is 3.30. The second kappa shape index (κ2) is 3.09. The molecule has 0 amide bonds. The topological polar surface area (TPSA) is 76.4 Å². The lowest BCUT2D eigenvalue weighted by molar-refractivity contribution is 0.174. The van der Waals surface area contributed by atoms with Gasteiger partial charge in [0.25, 0.3) is 0 Å². The van der Waals surface area contributed by atoms with Crippen LogP contribution in [0.3, 0.4) is 0 Å². The van der Waals surface area contributed by atoms with E-state index in [0.717, 1.165) is 12.3 Å². The van der Waals surface area contributed by atoms with Gasteiger partial charge in [-0.25, -0.2) is 10.8 Å². The summed E-state index contributed by atoms with van der Waals surface area (Å²) in [5, 5.41) is 0. The summed E-state index contributed by atoms with van der Waals surface area (Å²) >= 11 is 0. The van der Waals surface area contributed by atoms with E-state index in [0.29, 0.717) is 17.9 Å². The Hall–Kier alpha value is -0.770. The van der Waals surface area contributed by atoms with Gasteiger partial charge >= 0.3 is 0 Å². The summed E-state index contributed by atoms with van der Waals surface area (Å²) in [5.74, 6) is 6.83. The largest absolute Gasteiger partial charge is 0.369 e. The Morgan fingerprint density at radius 1 is 1.55 bits per heavy atom. The molecule has 0 spiro atoms. The lowest BCUT2D eigenvalue weighted by Gasteiger charge is -2.38. The van der Waals surface area contributed by atoms with Gasteiger partial charge in [0.05, 0.1) is 6.04 Å². The predicted octanol–water partition coefficient (Wildman–Crippen LogP) is -0.191. The molecule has 0 aromatic rings. The van der Waals surface area contributed by atoms with Crippen molar-refractivity contribution < 1.29 is 0 Å². The molecule has 3 unspecified atom stereocenters. The Bertz CT molecular complexity index is 166. The van der Waals surface area contributed by atoms with E-state index >= 15 is 0 Å². The van der Waals surface area contributed by atoms with Crippen LogP contribution < -0.4 is 17.0 Å². The first-order valence-electron chi connectivity index (χ1n) is 3.95. The van der Waals surface area contributed by atoms with E-state index in [4.69, 9.17) is 11.6 Å². The number of hydrazine groups is 1. The number of hydrogen-bond acceptors (Lipinski definition) is 2. The maximum Gasteiger partial charge on any atom is 0.203 e. The van der Waals surface area contributed by atoms with E-state index in [2.05, 4.69) is 24.3 Å². The lowest BCUT2D eigenvalue weighted by Crippen LogP contribution is -2.43. The molecule has 64 valence electrons. The molecule has 0 aromatic heterocycles. The summed E-state index contributed by atoms with van der Waals surface area (Å²) in [6.45, 7) is 4.41. The van der Waals surface area contributed by atoms with Crippen molar-refractivity contribution in [2.24, 2.45) is 28.4 Å². The third kappa shape index (κ3) is 1.63. The van der Waals surface area contributed by atoms with E-state index in [1.165, 1.54) is 0 Å². The van der Waals surface area contributed by atoms with Crippen molar-refractivity contribution in [1.29, 1.82) is 0 Å². The van der Waals surface area contributed by atoms with Crippen LogP contribution >= 0.6 is 0 Å². The van der Waals surface area contributed by atoms with E-state index in [-0.39, 0.29) is 0 Å². The zero-order valence-corrected chi connectivity index (χ0v) is 7.04. The van der Waals surface area contributed by atoms with Crippen LogP contribution in [0.25, 0.3) is 0 Å². The van der Waals surface area contributed by atoms with Gasteiger partial charge in [-0.15, -0.1) is 0 Å². The molecule has 11 heavy (non-hydrogen) atoms. The first kappa shape index (κ1) is 8.33. The number of rotatable bonds is 1. The number of nitrogens with two attached hydrogens (primary N) is 2. The van der Waals surface area contributed by atoms with Crippen molar-refractivity contribution in [1.82, 2.24) is 5.43 Å². The third-order valence-corrected chi connectivity index (χ3v) is 2.57. The summed E-state index contributed by atoms with van der Waals surface area (Å²) in [7, 11) is 0. The molecule has 4 nitrogen and oxygen atoms in total. The van der Waals surface area contributed by atoms with Gasteiger partial charge in [0.2, 0.25) is 5.96 Å². The van der Waals surface area contributed by atoms with Crippen molar-refractivity contribution in [2.45, 2.75) is 26.3 Å². The monoisotopic (exact) mass is 156 g/mol. The van der Waals surface area contributed by atoms with Crippen molar-refractivity contribution in [3.05, 3.63) is 0 Å². The quantitative estimate of drug-likeness (QED) is 0.213. The SMILES string of the molecule is CC1CC(N=C(N)NN)C1C. The zero-order valence-electron chi connectivity index (χ0n) is 7.04. The average molecular weight is 156 g/mol. The highest BCUT2D eigenvalue weighted by molar-refractivity contribution is 5.77. The number of hydrogen-bond donors (Lipinski definition) is 3. The standard InChI is InChI=1S/C7H16N4/c1-4-3-6(5(4)2)10-7(8)11-9/h4-6H,3,9H2,1-2H3,(H3,8,10,11). The molecule has 1 saturated carbocycles. The van der Waals surface area contributed by atoms with Crippen LogP contribution in [0, 0.1) is 11.8 Å². The minimum atomic E-state index is 0.341. The molecule has 0 heterocycles. The Morgan fingerprint density at radius 2 is 2.18 bits per heavy atom.